The summed E-state index contributed by atoms with van der Waals surface area (Å²) in [5, 5.41) is 13.1. The maximum Gasteiger partial charge on any atom is 0.198 e. The molecule has 1 saturated carbocycles. The van der Waals surface area contributed by atoms with Gasteiger partial charge in [-0.25, -0.2) is 9.37 Å². The van der Waals surface area contributed by atoms with Crippen LogP contribution in [-0.2, 0) is 6.54 Å². The van der Waals surface area contributed by atoms with Crippen molar-refractivity contribution >= 4 is 11.1 Å². The average molecular weight is 306 g/mol. The van der Waals surface area contributed by atoms with Crippen LogP contribution in [0.4, 0.5) is 4.39 Å². The van der Waals surface area contributed by atoms with E-state index in [9.17, 15) is 9.50 Å². The van der Waals surface area contributed by atoms with Crippen molar-refractivity contribution in [2.24, 2.45) is 0 Å². The van der Waals surface area contributed by atoms with E-state index < -0.39 is 0 Å². The van der Waals surface area contributed by atoms with Gasteiger partial charge in [-0.3, -0.25) is 0 Å². The van der Waals surface area contributed by atoms with Crippen LogP contribution in [0.2, 0.25) is 0 Å². The zero-order valence-corrected chi connectivity index (χ0v) is 13.3. The lowest BCUT2D eigenvalue weighted by molar-refractivity contribution is 0.148. The molecule has 5 heteroatoms. The highest BCUT2D eigenvalue weighted by Gasteiger charge is 2.25. The molecule has 0 saturated heterocycles. The van der Waals surface area contributed by atoms with Crippen molar-refractivity contribution in [3.8, 4) is 0 Å². The van der Waals surface area contributed by atoms with Crippen molar-refractivity contribution in [1.82, 2.24) is 10.3 Å². The summed E-state index contributed by atoms with van der Waals surface area (Å²) < 4.78 is 20.2. The second kappa shape index (κ2) is 5.97. The smallest absolute Gasteiger partial charge is 0.198 e. The monoisotopic (exact) mass is 306 g/mol. The number of hydrogen-bond donors (Lipinski definition) is 2. The van der Waals surface area contributed by atoms with Gasteiger partial charge in [0.25, 0.3) is 0 Å². The van der Waals surface area contributed by atoms with Crippen molar-refractivity contribution in [3.63, 3.8) is 0 Å². The zero-order valence-electron chi connectivity index (χ0n) is 13.3. The first kappa shape index (κ1) is 15.4. The number of halogens is 1. The Kier molecular flexibility index (Phi) is 4.19. The van der Waals surface area contributed by atoms with Crippen LogP contribution in [0.25, 0.3) is 11.1 Å². The van der Waals surface area contributed by atoms with Gasteiger partial charge >= 0.3 is 0 Å². The van der Waals surface area contributed by atoms with Crippen molar-refractivity contribution < 1.29 is 13.9 Å². The first-order chi connectivity index (χ1) is 10.5. The molecule has 0 unspecified atom stereocenters. The molecule has 0 radical (unpaired) electrons. The first-order valence-corrected chi connectivity index (χ1v) is 7.97. The quantitative estimate of drug-likeness (QED) is 0.909. The summed E-state index contributed by atoms with van der Waals surface area (Å²) in [7, 11) is 0. The van der Waals surface area contributed by atoms with Gasteiger partial charge in [-0.15, -0.1) is 0 Å². The van der Waals surface area contributed by atoms with E-state index in [0.717, 1.165) is 19.3 Å². The van der Waals surface area contributed by atoms with Crippen LogP contribution in [0.15, 0.2) is 10.5 Å². The van der Waals surface area contributed by atoms with Crippen LogP contribution in [0, 0.1) is 12.7 Å². The number of aliphatic hydroxyl groups excluding tert-OH is 1. The number of fused-ring (bicyclic) bond motifs is 1. The number of aryl methyl sites for hydroxylation is 1. The summed E-state index contributed by atoms with van der Waals surface area (Å²) in [6, 6.07) is 1.81. The molecular formula is C17H23FN2O2. The fraction of sp³-hybridized carbons (Fsp3) is 0.588. The van der Waals surface area contributed by atoms with E-state index in [2.05, 4.69) is 10.3 Å². The van der Waals surface area contributed by atoms with Crippen molar-refractivity contribution in [1.29, 1.82) is 0 Å². The molecule has 2 aromatic rings. The standard InChI is InChI=1S/C17H23FN2O2/c1-9(2)17-20-13-7-11(15(18)10(3)16(13)22-17)8-19-12-5-4-6-14(12)21/h7,9,12,14,19,21H,4-6,8H2,1-3H3/t12-,14-/m1/s1. The summed E-state index contributed by atoms with van der Waals surface area (Å²) >= 11 is 0. The molecule has 1 aliphatic carbocycles. The predicted molar refractivity (Wildman–Crippen MR) is 83.3 cm³/mol. The summed E-state index contributed by atoms with van der Waals surface area (Å²) in [6.45, 7) is 6.12. The fourth-order valence-corrected chi connectivity index (χ4v) is 3.08. The highest BCUT2D eigenvalue weighted by Crippen LogP contribution is 2.28. The number of nitrogens with zero attached hydrogens (tertiary/aromatic N) is 1. The normalized spacial score (nSPS) is 22.1. The Morgan fingerprint density at radius 3 is 2.86 bits per heavy atom. The Morgan fingerprint density at radius 2 is 2.23 bits per heavy atom. The van der Waals surface area contributed by atoms with Crippen molar-refractivity contribution in [3.05, 3.63) is 28.9 Å². The second-order valence-corrected chi connectivity index (χ2v) is 6.52. The number of hydrogen-bond acceptors (Lipinski definition) is 4. The van der Waals surface area contributed by atoms with Gasteiger partial charge < -0.3 is 14.8 Å². The minimum Gasteiger partial charge on any atom is -0.440 e. The SMILES string of the molecule is Cc1c(F)c(CN[C@@H]2CCC[C@H]2O)cc2nc(C(C)C)oc12. The van der Waals surface area contributed by atoms with Gasteiger partial charge in [0.1, 0.15) is 11.3 Å². The number of aliphatic hydroxyl groups is 1. The lowest BCUT2D eigenvalue weighted by Gasteiger charge is -2.17. The molecule has 0 bridgehead atoms. The van der Waals surface area contributed by atoms with E-state index in [-0.39, 0.29) is 23.9 Å². The van der Waals surface area contributed by atoms with Gasteiger partial charge in [-0.05, 0) is 32.3 Å². The Morgan fingerprint density at radius 1 is 1.45 bits per heavy atom. The Bertz CT molecular complexity index is 681. The van der Waals surface area contributed by atoms with Gasteiger partial charge in [0.05, 0.1) is 6.10 Å². The third kappa shape index (κ3) is 2.75. The molecule has 2 atom stereocenters. The van der Waals surface area contributed by atoms with Crippen LogP contribution in [0.5, 0.6) is 0 Å². The molecule has 1 aromatic heterocycles. The van der Waals surface area contributed by atoms with E-state index in [1.54, 1.807) is 13.0 Å². The Balaban J connectivity index is 1.87. The molecular weight excluding hydrogens is 283 g/mol. The Labute approximate surface area is 129 Å². The summed E-state index contributed by atoms with van der Waals surface area (Å²) in [4.78, 5) is 4.46. The summed E-state index contributed by atoms with van der Waals surface area (Å²) in [6.07, 6.45) is 2.44. The third-order valence-corrected chi connectivity index (χ3v) is 4.46. The van der Waals surface area contributed by atoms with Crippen LogP contribution >= 0.6 is 0 Å². The summed E-state index contributed by atoms with van der Waals surface area (Å²) in [5.41, 5.74) is 2.31. The molecule has 1 heterocycles. The largest absolute Gasteiger partial charge is 0.440 e. The van der Waals surface area contributed by atoms with E-state index in [1.165, 1.54) is 0 Å². The van der Waals surface area contributed by atoms with Gasteiger partial charge in [0.2, 0.25) is 0 Å². The fourth-order valence-electron chi connectivity index (χ4n) is 3.08. The molecule has 0 spiro atoms. The maximum atomic E-state index is 14.5. The van der Waals surface area contributed by atoms with E-state index in [4.69, 9.17) is 4.42 Å². The van der Waals surface area contributed by atoms with Crippen molar-refractivity contribution in [2.75, 3.05) is 0 Å². The molecule has 0 amide bonds. The predicted octanol–water partition coefficient (Wildman–Crippen LogP) is 3.40. The number of nitrogens with one attached hydrogen (secondary N) is 1. The van der Waals surface area contributed by atoms with E-state index in [1.807, 2.05) is 13.8 Å². The van der Waals surface area contributed by atoms with Crippen LogP contribution in [0.1, 0.15) is 56.0 Å². The molecule has 120 valence electrons. The molecule has 1 aliphatic rings. The average Bonchev–Trinajstić information content (AvgIpc) is 3.08. The minimum atomic E-state index is -0.326. The highest BCUT2D eigenvalue weighted by atomic mass is 19.1. The van der Waals surface area contributed by atoms with Crippen LogP contribution in [-0.4, -0.2) is 22.2 Å². The topological polar surface area (TPSA) is 58.3 Å². The molecule has 3 rings (SSSR count). The lowest BCUT2D eigenvalue weighted by atomic mass is 10.1. The van der Waals surface area contributed by atoms with Crippen LogP contribution < -0.4 is 5.32 Å². The molecule has 0 aliphatic heterocycles. The summed E-state index contributed by atoms with van der Waals surface area (Å²) in [5.74, 6) is 0.554. The minimum absolute atomic E-state index is 0.0546. The number of rotatable bonds is 4. The van der Waals surface area contributed by atoms with E-state index >= 15 is 0 Å². The molecule has 4 nitrogen and oxygen atoms in total. The molecule has 1 fully saturated rings. The third-order valence-electron chi connectivity index (χ3n) is 4.46. The number of oxazole rings is 1. The van der Waals surface area contributed by atoms with E-state index in [0.29, 0.717) is 34.7 Å². The number of aromatic nitrogens is 1. The van der Waals surface area contributed by atoms with Gasteiger partial charge in [-0.2, -0.15) is 0 Å². The zero-order chi connectivity index (χ0) is 15.9. The maximum absolute atomic E-state index is 14.5. The Hall–Kier alpha value is -1.46. The second-order valence-electron chi connectivity index (χ2n) is 6.52. The molecule has 2 N–H and O–H groups in total. The van der Waals surface area contributed by atoms with Gasteiger partial charge in [-0.1, -0.05) is 13.8 Å². The lowest BCUT2D eigenvalue weighted by Crippen LogP contribution is -2.35. The molecule has 1 aromatic carbocycles. The van der Waals surface area contributed by atoms with Crippen molar-refractivity contribution in [2.45, 2.75) is 64.6 Å². The number of benzene rings is 1. The van der Waals surface area contributed by atoms with Gasteiger partial charge in [0.15, 0.2) is 11.5 Å². The van der Waals surface area contributed by atoms with Crippen LogP contribution in [0.3, 0.4) is 0 Å². The molecule has 22 heavy (non-hydrogen) atoms. The first-order valence-electron chi connectivity index (χ1n) is 7.97. The van der Waals surface area contributed by atoms with Gasteiger partial charge in [0, 0.05) is 29.6 Å². The highest BCUT2D eigenvalue weighted by molar-refractivity contribution is 5.77.